The minimum Gasteiger partial charge on any atom is -0.478 e. The van der Waals surface area contributed by atoms with Gasteiger partial charge in [0.25, 0.3) is 0 Å². The summed E-state index contributed by atoms with van der Waals surface area (Å²) in [6, 6.07) is 8.62. The SMILES string of the molecule is Cc1cc(C(=O)O)cc(Oc2cccc(S(C)(=O)=O)c2)n1. The molecule has 0 aliphatic rings. The summed E-state index contributed by atoms with van der Waals surface area (Å²) in [5, 5.41) is 8.99. The molecule has 7 heteroatoms. The standard InChI is InChI=1S/C14H13NO5S/c1-9-6-10(14(16)17)7-13(15-9)20-11-4-3-5-12(8-11)21(2,18)19/h3-8H,1-2H3,(H,16,17). The highest BCUT2D eigenvalue weighted by Gasteiger charge is 2.11. The van der Waals surface area contributed by atoms with Crippen molar-refractivity contribution in [1.29, 1.82) is 0 Å². The number of aromatic carboxylic acids is 1. The maximum Gasteiger partial charge on any atom is 0.335 e. The molecule has 0 bridgehead atoms. The predicted molar refractivity (Wildman–Crippen MR) is 75.6 cm³/mol. The quantitative estimate of drug-likeness (QED) is 0.931. The Morgan fingerprint density at radius 2 is 1.95 bits per heavy atom. The van der Waals surface area contributed by atoms with Crippen molar-refractivity contribution in [2.75, 3.05) is 6.26 Å². The predicted octanol–water partition coefficient (Wildman–Crippen LogP) is 2.28. The first-order valence-electron chi connectivity index (χ1n) is 5.95. The zero-order valence-electron chi connectivity index (χ0n) is 11.4. The van der Waals surface area contributed by atoms with Gasteiger partial charge in [-0.25, -0.2) is 18.2 Å². The molecular formula is C14H13NO5S. The minimum absolute atomic E-state index is 0.0526. The highest BCUT2D eigenvalue weighted by molar-refractivity contribution is 7.90. The van der Waals surface area contributed by atoms with E-state index >= 15 is 0 Å². The van der Waals surface area contributed by atoms with Gasteiger partial charge in [-0.1, -0.05) is 6.07 Å². The lowest BCUT2D eigenvalue weighted by Crippen LogP contribution is -2.00. The van der Waals surface area contributed by atoms with Gasteiger partial charge in [0.15, 0.2) is 9.84 Å². The molecule has 1 N–H and O–H groups in total. The maximum atomic E-state index is 11.5. The van der Waals surface area contributed by atoms with Gasteiger partial charge in [0.2, 0.25) is 5.88 Å². The van der Waals surface area contributed by atoms with Crippen molar-refractivity contribution in [1.82, 2.24) is 4.98 Å². The lowest BCUT2D eigenvalue weighted by molar-refractivity contribution is 0.0696. The van der Waals surface area contributed by atoms with Gasteiger partial charge in [0, 0.05) is 18.0 Å². The average Bonchev–Trinajstić information content (AvgIpc) is 2.37. The highest BCUT2D eigenvalue weighted by Crippen LogP contribution is 2.23. The molecule has 1 heterocycles. The number of nitrogens with zero attached hydrogens (tertiary/aromatic N) is 1. The van der Waals surface area contributed by atoms with Crippen molar-refractivity contribution in [3.05, 3.63) is 47.7 Å². The van der Waals surface area contributed by atoms with Crippen LogP contribution in [0.3, 0.4) is 0 Å². The number of ether oxygens (including phenoxy) is 1. The molecule has 110 valence electrons. The van der Waals surface area contributed by atoms with Crippen LogP contribution in [0.4, 0.5) is 0 Å². The molecule has 1 aromatic heterocycles. The van der Waals surface area contributed by atoms with E-state index in [9.17, 15) is 13.2 Å². The van der Waals surface area contributed by atoms with Crippen LogP contribution < -0.4 is 4.74 Å². The van der Waals surface area contributed by atoms with Crippen molar-refractivity contribution < 1.29 is 23.1 Å². The lowest BCUT2D eigenvalue weighted by atomic mass is 10.2. The zero-order valence-corrected chi connectivity index (χ0v) is 12.2. The van der Waals surface area contributed by atoms with Crippen LogP contribution in [0.5, 0.6) is 11.6 Å². The molecule has 0 saturated carbocycles. The molecular weight excluding hydrogens is 294 g/mol. The van der Waals surface area contributed by atoms with Gasteiger partial charge in [-0.15, -0.1) is 0 Å². The van der Waals surface area contributed by atoms with E-state index in [0.717, 1.165) is 6.26 Å². The summed E-state index contributed by atoms with van der Waals surface area (Å²) in [4.78, 5) is 15.2. The number of aromatic nitrogens is 1. The van der Waals surface area contributed by atoms with Gasteiger partial charge < -0.3 is 9.84 Å². The molecule has 0 aliphatic carbocycles. The molecule has 2 rings (SSSR count). The fraction of sp³-hybridized carbons (Fsp3) is 0.143. The normalized spacial score (nSPS) is 11.1. The molecule has 6 nitrogen and oxygen atoms in total. The number of carbonyl (C=O) groups is 1. The number of benzene rings is 1. The minimum atomic E-state index is -3.34. The number of carboxylic acids is 1. The van der Waals surface area contributed by atoms with Gasteiger partial charge in [-0.05, 0) is 31.2 Å². The summed E-state index contributed by atoms with van der Waals surface area (Å²) < 4.78 is 28.4. The van der Waals surface area contributed by atoms with Crippen LogP contribution in [-0.4, -0.2) is 30.7 Å². The van der Waals surface area contributed by atoms with E-state index in [1.54, 1.807) is 19.1 Å². The monoisotopic (exact) mass is 307 g/mol. The number of sulfone groups is 1. The molecule has 0 atom stereocenters. The van der Waals surface area contributed by atoms with Crippen molar-refractivity contribution in [3.8, 4) is 11.6 Å². The van der Waals surface area contributed by atoms with Crippen LogP contribution in [0.2, 0.25) is 0 Å². The third kappa shape index (κ3) is 3.79. The van der Waals surface area contributed by atoms with Gasteiger partial charge in [0.1, 0.15) is 5.75 Å². The van der Waals surface area contributed by atoms with E-state index in [1.165, 1.54) is 24.3 Å². The van der Waals surface area contributed by atoms with E-state index in [4.69, 9.17) is 9.84 Å². The fourth-order valence-corrected chi connectivity index (χ4v) is 2.36. The van der Waals surface area contributed by atoms with Crippen LogP contribution in [0, 0.1) is 6.92 Å². The van der Waals surface area contributed by atoms with Crippen molar-refractivity contribution >= 4 is 15.8 Å². The Morgan fingerprint density at radius 3 is 2.57 bits per heavy atom. The summed E-state index contributed by atoms with van der Waals surface area (Å²) in [5.74, 6) is -0.722. The number of rotatable bonds is 4. The van der Waals surface area contributed by atoms with E-state index in [2.05, 4.69) is 4.98 Å². The van der Waals surface area contributed by atoms with Crippen molar-refractivity contribution in [2.45, 2.75) is 11.8 Å². The van der Waals surface area contributed by atoms with E-state index in [-0.39, 0.29) is 22.1 Å². The molecule has 0 fully saturated rings. The molecule has 0 amide bonds. The van der Waals surface area contributed by atoms with E-state index < -0.39 is 15.8 Å². The maximum absolute atomic E-state index is 11.5. The van der Waals surface area contributed by atoms with E-state index in [1.807, 2.05) is 0 Å². The Kier molecular flexibility index (Phi) is 3.95. The number of hydrogen-bond donors (Lipinski definition) is 1. The lowest BCUT2D eigenvalue weighted by Gasteiger charge is -2.08. The topological polar surface area (TPSA) is 93.6 Å². The number of aryl methyl sites for hydroxylation is 1. The first kappa shape index (κ1) is 15.0. The summed E-state index contributed by atoms with van der Waals surface area (Å²) in [6.07, 6.45) is 1.10. The Morgan fingerprint density at radius 1 is 1.24 bits per heavy atom. The highest BCUT2D eigenvalue weighted by atomic mass is 32.2. The number of carboxylic acid groups (broad SMARTS) is 1. The van der Waals surface area contributed by atoms with Crippen LogP contribution in [0.1, 0.15) is 16.1 Å². The molecule has 0 unspecified atom stereocenters. The van der Waals surface area contributed by atoms with Crippen molar-refractivity contribution in [2.24, 2.45) is 0 Å². The first-order valence-corrected chi connectivity index (χ1v) is 7.85. The van der Waals surface area contributed by atoms with Crippen LogP contribution in [0.25, 0.3) is 0 Å². The second kappa shape index (κ2) is 5.53. The third-order valence-corrected chi connectivity index (χ3v) is 3.74. The second-order valence-electron chi connectivity index (χ2n) is 4.49. The van der Waals surface area contributed by atoms with Crippen LogP contribution in [-0.2, 0) is 9.84 Å². The van der Waals surface area contributed by atoms with E-state index in [0.29, 0.717) is 5.69 Å². The Bertz CT molecular complexity index is 799. The summed E-state index contributed by atoms with van der Waals surface area (Å²) in [5.41, 5.74) is 0.543. The van der Waals surface area contributed by atoms with Gasteiger partial charge in [-0.3, -0.25) is 0 Å². The smallest absolute Gasteiger partial charge is 0.335 e. The average molecular weight is 307 g/mol. The first-order chi connectivity index (χ1) is 9.75. The number of pyridine rings is 1. The fourth-order valence-electron chi connectivity index (χ4n) is 1.70. The summed E-state index contributed by atoms with van der Waals surface area (Å²) in [7, 11) is -3.34. The molecule has 21 heavy (non-hydrogen) atoms. The van der Waals surface area contributed by atoms with Crippen LogP contribution >= 0.6 is 0 Å². The largest absolute Gasteiger partial charge is 0.478 e. The van der Waals surface area contributed by atoms with Gasteiger partial charge in [-0.2, -0.15) is 0 Å². The second-order valence-corrected chi connectivity index (χ2v) is 6.51. The van der Waals surface area contributed by atoms with Gasteiger partial charge >= 0.3 is 5.97 Å². The molecule has 2 aromatic rings. The molecule has 0 saturated heterocycles. The molecule has 0 aliphatic heterocycles. The zero-order chi connectivity index (χ0) is 15.6. The number of hydrogen-bond acceptors (Lipinski definition) is 5. The molecule has 1 aromatic carbocycles. The van der Waals surface area contributed by atoms with Crippen LogP contribution in [0.15, 0.2) is 41.3 Å². The van der Waals surface area contributed by atoms with Crippen molar-refractivity contribution in [3.63, 3.8) is 0 Å². The third-order valence-electron chi connectivity index (χ3n) is 2.63. The van der Waals surface area contributed by atoms with Gasteiger partial charge in [0.05, 0.1) is 10.5 Å². The molecule has 0 radical (unpaired) electrons. The Labute approximate surface area is 121 Å². The Hall–Kier alpha value is -2.41. The Balaban J connectivity index is 2.37. The summed E-state index contributed by atoms with van der Waals surface area (Å²) >= 11 is 0. The molecule has 0 spiro atoms. The summed E-state index contributed by atoms with van der Waals surface area (Å²) in [6.45, 7) is 1.65.